The summed E-state index contributed by atoms with van der Waals surface area (Å²) in [6.45, 7) is 3.98. The van der Waals surface area contributed by atoms with Gasteiger partial charge in [-0.05, 0) is 19.1 Å². The number of halogens is 1. The Morgan fingerprint density at radius 2 is 2.07 bits per heavy atom. The van der Waals surface area contributed by atoms with E-state index in [1.54, 1.807) is 18.3 Å². The Hall–Kier alpha value is -3.19. The summed E-state index contributed by atoms with van der Waals surface area (Å²) in [6, 6.07) is 14.5. The lowest BCUT2D eigenvalue weighted by molar-refractivity contribution is -0.121. The number of aryl methyl sites for hydroxylation is 1. The van der Waals surface area contributed by atoms with Crippen LogP contribution in [-0.2, 0) is 17.9 Å². The van der Waals surface area contributed by atoms with Crippen LogP contribution in [0.3, 0.4) is 0 Å². The summed E-state index contributed by atoms with van der Waals surface area (Å²) in [5.41, 5.74) is 2.52. The second kappa shape index (κ2) is 9.09. The predicted octanol–water partition coefficient (Wildman–Crippen LogP) is 3.50. The molecule has 2 aromatic carbocycles. The van der Waals surface area contributed by atoms with Crippen LogP contribution in [0.2, 0.25) is 0 Å². The fourth-order valence-corrected chi connectivity index (χ4v) is 3.64. The second-order valence-corrected chi connectivity index (χ2v) is 7.51. The Labute approximate surface area is 175 Å². The highest BCUT2D eigenvalue weighted by Crippen LogP contribution is 2.32. The SMILES string of the molecule is Cc1cnc(CNC(=O)CCN2Cc3ccccc3OC(c3ccccc3F)C2)[nH]1. The fraction of sp³-hybridized carbons (Fsp3) is 0.304. The number of nitrogens with one attached hydrogen (secondary N) is 2. The van der Waals surface area contributed by atoms with Crippen LogP contribution in [-0.4, -0.2) is 33.9 Å². The van der Waals surface area contributed by atoms with Gasteiger partial charge in [0.05, 0.1) is 6.54 Å². The van der Waals surface area contributed by atoms with E-state index in [9.17, 15) is 9.18 Å². The minimum Gasteiger partial charge on any atom is -0.484 e. The first-order valence-corrected chi connectivity index (χ1v) is 10.1. The van der Waals surface area contributed by atoms with E-state index < -0.39 is 6.10 Å². The van der Waals surface area contributed by atoms with Gasteiger partial charge >= 0.3 is 0 Å². The van der Waals surface area contributed by atoms with Crippen LogP contribution in [0.4, 0.5) is 4.39 Å². The number of ether oxygens (including phenoxy) is 1. The Kier molecular flexibility index (Phi) is 6.09. The number of carbonyl (C=O) groups excluding carboxylic acids is 1. The molecule has 0 saturated heterocycles. The third-order valence-electron chi connectivity index (χ3n) is 5.18. The molecule has 0 radical (unpaired) electrons. The molecule has 6 nitrogen and oxygen atoms in total. The van der Waals surface area contributed by atoms with Gasteiger partial charge in [-0.25, -0.2) is 9.37 Å². The number of fused-ring (bicyclic) bond motifs is 1. The fourth-order valence-electron chi connectivity index (χ4n) is 3.64. The van der Waals surface area contributed by atoms with E-state index in [1.807, 2.05) is 37.3 Å². The molecule has 3 aromatic rings. The Morgan fingerprint density at radius 1 is 1.27 bits per heavy atom. The Morgan fingerprint density at radius 3 is 2.87 bits per heavy atom. The number of rotatable bonds is 6. The molecule has 0 fully saturated rings. The number of imidazole rings is 1. The first-order valence-electron chi connectivity index (χ1n) is 10.1. The zero-order valence-electron chi connectivity index (χ0n) is 16.9. The van der Waals surface area contributed by atoms with Crippen molar-refractivity contribution in [1.29, 1.82) is 0 Å². The molecular formula is C23H25FN4O2. The summed E-state index contributed by atoms with van der Waals surface area (Å²) in [7, 11) is 0. The van der Waals surface area contributed by atoms with Crippen molar-refractivity contribution in [3.63, 3.8) is 0 Å². The molecule has 1 aromatic heterocycles. The van der Waals surface area contributed by atoms with Crippen LogP contribution >= 0.6 is 0 Å². The molecule has 156 valence electrons. The molecule has 0 aliphatic carbocycles. The van der Waals surface area contributed by atoms with Crippen molar-refractivity contribution >= 4 is 5.91 Å². The van der Waals surface area contributed by atoms with Crippen molar-refractivity contribution in [3.8, 4) is 5.75 Å². The number of benzene rings is 2. The molecule has 0 bridgehead atoms. The molecule has 7 heteroatoms. The first-order chi connectivity index (χ1) is 14.6. The maximum absolute atomic E-state index is 14.4. The molecule has 1 amide bonds. The lowest BCUT2D eigenvalue weighted by atomic mass is 10.1. The molecule has 1 aliphatic rings. The van der Waals surface area contributed by atoms with E-state index in [-0.39, 0.29) is 11.7 Å². The van der Waals surface area contributed by atoms with Crippen molar-refractivity contribution in [2.45, 2.75) is 32.5 Å². The van der Waals surface area contributed by atoms with Crippen molar-refractivity contribution in [1.82, 2.24) is 20.2 Å². The molecule has 0 spiro atoms. The zero-order chi connectivity index (χ0) is 20.9. The lowest BCUT2D eigenvalue weighted by Crippen LogP contribution is -2.33. The van der Waals surface area contributed by atoms with Crippen LogP contribution < -0.4 is 10.1 Å². The zero-order valence-corrected chi connectivity index (χ0v) is 16.9. The standard InChI is InChI=1S/C23H25FN4O2/c1-16-12-25-22(27-16)13-26-23(29)10-11-28-14-17-6-2-5-9-20(17)30-21(15-28)18-7-3-4-8-19(18)24/h2-9,12,21H,10-11,13-15H2,1H3,(H,25,27)(H,26,29). The smallest absolute Gasteiger partial charge is 0.221 e. The van der Waals surface area contributed by atoms with Crippen LogP contribution in [0, 0.1) is 12.7 Å². The summed E-state index contributed by atoms with van der Waals surface area (Å²) in [5.74, 6) is 1.15. The Balaban J connectivity index is 1.42. The molecule has 0 saturated carbocycles. The second-order valence-electron chi connectivity index (χ2n) is 7.51. The van der Waals surface area contributed by atoms with Gasteiger partial charge in [0.2, 0.25) is 5.91 Å². The van der Waals surface area contributed by atoms with Gasteiger partial charge in [-0.1, -0.05) is 36.4 Å². The van der Waals surface area contributed by atoms with Crippen molar-refractivity contribution in [2.75, 3.05) is 13.1 Å². The van der Waals surface area contributed by atoms with Crippen molar-refractivity contribution in [2.24, 2.45) is 0 Å². The van der Waals surface area contributed by atoms with Gasteiger partial charge in [-0.2, -0.15) is 0 Å². The third kappa shape index (κ3) is 4.86. The van der Waals surface area contributed by atoms with Gasteiger partial charge in [0, 0.05) is 49.1 Å². The Bertz CT molecular complexity index is 1020. The van der Waals surface area contributed by atoms with Gasteiger partial charge < -0.3 is 15.0 Å². The van der Waals surface area contributed by atoms with E-state index in [1.165, 1.54) is 6.07 Å². The number of hydrogen-bond donors (Lipinski definition) is 2. The number of carbonyl (C=O) groups is 1. The normalized spacial score (nSPS) is 16.4. The van der Waals surface area contributed by atoms with E-state index in [0.29, 0.717) is 38.2 Å². The lowest BCUT2D eigenvalue weighted by Gasteiger charge is -2.24. The van der Waals surface area contributed by atoms with E-state index >= 15 is 0 Å². The van der Waals surface area contributed by atoms with E-state index in [4.69, 9.17) is 4.74 Å². The molecular weight excluding hydrogens is 383 g/mol. The van der Waals surface area contributed by atoms with Crippen molar-refractivity contribution < 1.29 is 13.9 Å². The molecule has 2 heterocycles. The van der Waals surface area contributed by atoms with Crippen LogP contribution in [0.5, 0.6) is 5.75 Å². The van der Waals surface area contributed by atoms with Gasteiger partial charge in [0.1, 0.15) is 23.5 Å². The highest BCUT2D eigenvalue weighted by atomic mass is 19.1. The maximum atomic E-state index is 14.4. The van der Waals surface area contributed by atoms with Crippen LogP contribution in [0.1, 0.15) is 35.2 Å². The van der Waals surface area contributed by atoms with Gasteiger partial charge in [0.25, 0.3) is 0 Å². The quantitative estimate of drug-likeness (QED) is 0.655. The van der Waals surface area contributed by atoms with E-state index in [0.717, 1.165) is 22.8 Å². The summed E-state index contributed by atoms with van der Waals surface area (Å²) < 4.78 is 20.6. The van der Waals surface area contributed by atoms with Gasteiger partial charge in [-0.3, -0.25) is 9.69 Å². The molecule has 1 atom stereocenters. The number of para-hydroxylation sites is 1. The number of aromatic amines is 1. The average molecular weight is 408 g/mol. The van der Waals surface area contributed by atoms with Crippen LogP contribution in [0.15, 0.2) is 54.7 Å². The van der Waals surface area contributed by atoms with Gasteiger partial charge in [0.15, 0.2) is 0 Å². The average Bonchev–Trinajstić information content (AvgIpc) is 3.07. The summed E-state index contributed by atoms with van der Waals surface area (Å²) in [5, 5.41) is 2.89. The van der Waals surface area contributed by atoms with Gasteiger partial charge in [-0.15, -0.1) is 0 Å². The van der Waals surface area contributed by atoms with Crippen molar-refractivity contribution in [3.05, 3.63) is 83.2 Å². The maximum Gasteiger partial charge on any atom is 0.221 e. The topological polar surface area (TPSA) is 70.2 Å². The number of aromatic nitrogens is 2. The number of nitrogens with zero attached hydrogens (tertiary/aromatic N) is 2. The summed E-state index contributed by atoms with van der Waals surface area (Å²) in [4.78, 5) is 21.8. The molecule has 1 unspecified atom stereocenters. The monoisotopic (exact) mass is 408 g/mol. The molecule has 2 N–H and O–H groups in total. The highest BCUT2D eigenvalue weighted by Gasteiger charge is 2.26. The molecule has 4 rings (SSSR count). The number of hydrogen-bond acceptors (Lipinski definition) is 4. The number of amides is 1. The molecule has 30 heavy (non-hydrogen) atoms. The number of H-pyrrole nitrogens is 1. The highest BCUT2D eigenvalue weighted by molar-refractivity contribution is 5.75. The minimum atomic E-state index is -0.441. The largest absolute Gasteiger partial charge is 0.484 e. The van der Waals surface area contributed by atoms with E-state index in [2.05, 4.69) is 20.2 Å². The summed E-state index contributed by atoms with van der Waals surface area (Å²) >= 11 is 0. The van der Waals surface area contributed by atoms with Crippen LogP contribution in [0.25, 0.3) is 0 Å². The predicted molar refractivity (Wildman–Crippen MR) is 111 cm³/mol. The minimum absolute atomic E-state index is 0.0510. The molecule has 1 aliphatic heterocycles. The third-order valence-corrected chi connectivity index (χ3v) is 5.18. The first kappa shape index (κ1) is 20.1. The summed E-state index contributed by atoms with van der Waals surface area (Å²) in [6.07, 6.45) is 1.63.